The van der Waals surface area contributed by atoms with Gasteiger partial charge in [-0.3, -0.25) is 9.59 Å². The summed E-state index contributed by atoms with van der Waals surface area (Å²) in [6.07, 6.45) is 3.21. The van der Waals surface area contributed by atoms with Crippen LogP contribution in [0.2, 0.25) is 0 Å². The predicted octanol–water partition coefficient (Wildman–Crippen LogP) is 3.59. The summed E-state index contributed by atoms with van der Waals surface area (Å²) in [6.45, 7) is 1.20. The average molecular weight is 354 g/mol. The van der Waals surface area contributed by atoms with E-state index >= 15 is 0 Å². The molecule has 1 heterocycles. The fourth-order valence-corrected chi connectivity index (χ4v) is 3.55. The molecule has 1 saturated carbocycles. The van der Waals surface area contributed by atoms with Gasteiger partial charge in [-0.25, -0.2) is 0 Å². The highest BCUT2D eigenvalue weighted by Gasteiger charge is 2.36. The van der Waals surface area contributed by atoms with E-state index in [4.69, 9.17) is 0 Å². The number of carbonyl (C=O) groups excluding carboxylic acids is 2. The molecule has 3 rings (SSSR count). The maximum atomic E-state index is 12.6. The highest BCUT2D eigenvalue weighted by atomic mass is 32.2. The molecule has 7 heteroatoms. The molecule has 0 aromatic heterocycles. The Kier molecular flexibility index (Phi) is 5.38. The minimum absolute atomic E-state index is 0.157. The summed E-state index contributed by atoms with van der Waals surface area (Å²) in [5.74, 6) is -2.45. The van der Waals surface area contributed by atoms with E-state index in [2.05, 4.69) is 5.32 Å². The van der Waals surface area contributed by atoms with Gasteiger partial charge < -0.3 is 10.2 Å². The van der Waals surface area contributed by atoms with Crippen LogP contribution in [0.25, 0.3) is 0 Å². The average Bonchev–Trinajstić information content (AvgIpc) is 3.40. The molecule has 2 fully saturated rings. The van der Waals surface area contributed by atoms with Crippen molar-refractivity contribution in [3.8, 4) is 0 Å². The van der Waals surface area contributed by atoms with Crippen LogP contribution in [-0.4, -0.2) is 35.6 Å². The zero-order valence-electron chi connectivity index (χ0n) is 13.2. The SMILES string of the molecule is O=C(Nc1ccccc1SC(F)F)C1CCN(C(=O)C2CC2)CC1. The fraction of sp³-hybridized carbons (Fsp3) is 0.529. The third-order valence-corrected chi connectivity index (χ3v) is 5.25. The molecule has 1 aliphatic carbocycles. The van der Waals surface area contributed by atoms with Crippen LogP contribution in [0.3, 0.4) is 0 Å². The Morgan fingerprint density at radius 1 is 1.08 bits per heavy atom. The molecule has 2 aliphatic rings. The van der Waals surface area contributed by atoms with E-state index in [9.17, 15) is 18.4 Å². The summed E-state index contributed by atoms with van der Waals surface area (Å²) in [4.78, 5) is 26.7. The molecule has 0 atom stereocenters. The standard InChI is InChI=1S/C17H20F2N2O2S/c18-17(19)24-14-4-2-1-3-13(14)20-15(22)11-7-9-21(10-8-11)16(23)12-5-6-12/h1-4,11-12,17H,5-10H2,(H,20,22). The lowest BCUT2D eigenvalue weighted by Crippen LogP contribution is -2.42. The minimum Gasteiger partial charge on any atom is -0.342 e. The van der Waals surface area contributed by atoms with Crippen LogP contribution in [-0.2, 0) is 9.59 Å². The monoisotopic (exact) mass is 354 g/mol. The zero-order valence-corrected chi connectivity index (χ0v) is 14.0. The second kappa shape index (κ2) is 7.51. The number of anilines is 1. The topological polar surface area (TPSA) is 49.4 Å². The van der Waals surface area contributed by atoms with Crippen LogP contribution in [0.1, 0.15) is 25.7 Å². The van der Waals surface area contributed by atoms with Crippen molar-refractivity contribution in [3.63, 3.8) is 0 Å². The maximum Gasteiger partial charge on any atom is 0.288 e. The molecule has 1 aromatic carbocycles. The highest BCUT2D eigenvalue weighted by Crippen LogP contribution is 2.34. The van der Waals surface area contributed by atoms with E-state index in [-0.39, 0.29) is 23.7 Å². The van der Waals surface area contributed by atoms with Crippen LogP contribution in [0.5, 0.6) is 0 Å². The quantitative estimate of drug-likeness (QED) is 0.822. The van der Waals surface area contributed by atoms with Crippen molar-refractivity contribution < 1.29 is 18.4 Å². The van der Waals surface area contributed by atoms with Crippen molar-refractivity contribution in [1.82, 2.24) is 4.90 Å². The molecule has 1 aliphatic heterocycles. The molecule has 24 heavy (non-hydrogen) atoms. The lowest BCUT2D eigenvalue weighted by atomic mass is 9.95. The molecule has 0 unspecified atom stereocenters. The van der Waals surface area contributed by atoms with E-state index in [1.807, 2.05) is 4.90 Å². The van der Waals surface area contributed by atoms with Gasteiger partial charge in [0.05, 0.1) is 5.69 Å². The van der Waals surface area contributed by atoms with E-state index in [0.717, 1.165) is 12.8 Å². The van der Waals surface area contributed by atoms with E-state index in [1.54, 1.807) is 24.3 Å². The first kappa shape index (κ1) is 17.2. The number of amides is 2. The molecular weight excluding hydrogens is 334 g/mol. The number of carbonyl (C=O) groups is 2. The van der Waals surface area contributed by atoms with Gasteiger partial charge in [-0.05, 0) is 37.8 Å². The fourth-order valence-electron chi connectivity index (χ4n) is 2.95. The first-order valence-electron chi connectivity index (χ1n) is 8.18. The van der Waals surface area contributed by atoms with E-state index in [1.165, 1.54) is 0 Å². The number of halogens is 2. The molecule has 1 N–H and O–H groups in total. The normalized spacial score (nSPS) is 18.7. The number of hydrogen-bond acceptors (Lipinski definition) is 3. The van der Waals surface area contributed by atoms with Gasteiger partial charge in [0.25, 0.3) is 5.76 Å². The first-order chi connectivity index (χ1) is 11.5. The number of alkyl halides is 2. The number of para-hydroxylation sites is 1. The summed E-state index contributed by atoms with van der Waals surface area (Å²) in [5.41, 5.74) is 0.421. The van der Waals surface area contributed by atoms with Gasteiger partial charge in [0.2, 0.25) is 11.8 Å². The van der Waals surface area contributed by atoms with Crippen LogP contribution >= 0.6 is 11.8 Å². The van der Waals surface area contributed by atoms with Crippen molar-refractivity contribution in [2.45, 2.75) is 36.3 Å². The van der Waals surface area contributed by atoms with Gasteiger partial charge in [0, 0.05) is 29.8 Å². The Hall–Kier alpha value is -1.63. The number of nitrogens with one attached hydrogen (secondary N) is 1. The Morgan fingerprint density at radius 3 is 2.38 bits per heavy atom. The number of thioether (sulfide) groups is 1. The minimum atomic E-state index is -2.53. The second-order valence-corrected chi connectivity index (χ2v) is 7.27. The predicted molar refractivity (Wildman–Crippen MR) is 89.0 cm³/mol. The molecule has 0 bridgehead atoms. The molecular formula is C17H20F2N2O2S. The van der Waals surface area contributed by atoms with Crippen LogP contribution in [0.15, 0.2) is 29.2 Å². The number of likely N-dealkylation sites (tertiary alicyclic amines) is 1. The van der Waals surface area contributed by atoms with Crippen LogP contribution in [0.4, 0.5) is 14.5 Å². The third-order valence-electron chi connectivity index (χ3n) is 4.46. The number of rotatable bonds is 5. The Labute approximate surface area is 144 Å². The summed E-state index contributed by atoms with van der Waals surface area (Å²) >= 11 is 0.427. The molecule has 4 nitrogen and oxygen atoms in total. The first-order valence-corrected chi connectivity index (χ1v) is 9.06. The summed E-state index contributed by atoms with van der Waals surface area (Å²) in [6, 6.07) is 6.59. The van der Waals surface area contributed by atoms with Crippen molar-refractivity contribution in [2.75, 3.05) is 18.4 Å². The number of benzene rings is 1. The number of hydrogen-bond donors (Lipinski definition) is 1. The largest absolute Gasteiger partial charge is 0.342 e. The molecule has 1 aromatic rings. The van der Waals surface area contributed by atoms with Crippen LogP contribution < -0.4 is 5.32 Å². The van der Waals surface area contributed by atoms with Crippen LogP contribution in [0, 0.1) is 11.8 Å². The maximum absolute atomic E-state index is 12.6. The lowest BCUT2D eigenvalue weighted by Gasteiger charge is -2.31. The zero-order chi connectivity index (χ0) is 17.1. The Morgan fingerprint density at radius 2 is 1.75 bits per heavy atom. The van der Waals surface area contributed by atoms with Crippen molar-refractivity contribution in [1.29, 1.82) is 0 Å². The van der Waals surface area contributed by atoms with Gasteiger partial charge in [-0.15, -0.1) is 0 Å². The van der Waals surface area contributed by atoms with Gasteiger partial charge >= 0.3 is 0 Å². The van der Waals surface area contributed by atoms with E-state index in [0.29, 0.717) is 48.3 Å². The Balaban J connectivity index is 1.55. The van der Waals surface area contributed by atoms with Gasteiger partial charge in [-0.2, -0.15) is 8.78 Å². The second-order valence-electron chi connectivity index (χ2n) is 6.24. The summed E-state index contributed by atoms with van der Waals surface area (Å²) in [7, 11) is 0. The Bertz CT molecular complexity index is 614. The van der Waals surface area contributed by atoms with Gasteiger partial charge in [-0.1, -0.05) is 23.9 Å². The van der Waals surface area contributed by atoms with Gasteiger partial charge in [0.1, 0.15) is 0 Å². The van der Waals surface area contributed by atoms with Crippen molar-refractivity contribution >= 4 is 29.3 Å². The summed E-state index contributed by atoms with van der Waals surface area (Å²) < 4.78 is 25.2. The molecule has 130 valence electrons. The molecule has 0 spiro atoms. The molecule has 0 radical (unpaired) electrons. The van der Waals surface area contributed by atoms with Crippen molar-refractivity contribution in [3.05, 3.63) is 24.3 Å². The smallest absolute Gasteiger partial charge is 0.288 e. The van der Waals surface area contributed by atoms with Gasteiger partial charge in [0.15, 0.2) is 0 Å². The number of nitrogens with zero attached hydrogens (tertiary/aromatic N) is 1. The third kappa shape index (κ3) is 4.26. The van der Waals surface area contributed by atoms with E-state index < -0.39 is 5.76 Å². The highest BCUT2D eigenvalue weighted by molar-refractivity contribution is 7.99. The molecule has 1 saturated heterocycles. The number of piperidine rings is 1. The summed E-state index contributed by atoms with van der Waals surface area (Å²) in [5, 5.41) is 2.77. The molecule has 2 amide bonds. The lowest BCUT2D eigenvalue weighted by molar-refractivity contribution is -0.135. The van der Waals surface area contributed by atoms with Crippen molar-refractivity contribution in [2.24, 2.45) is 11.8 Å².